The molecule has 1 aromatic rings. The van der Waals surface area contributed by atoms with Gasteiger partial charge in [0.25, 0.3) is 5.91 Å². The quantitative estimate of drug-likeness (QED) is 0.860. The van der Waals surface area contributed by atoms with Gasteiger partial charge in [-0.25, -0.2) is 0 Å². The van der Waals surface area contributed by atoms with Crippen molar-refractivity contribution in [2.45, 2.75) is 33.2 Å². The van der Waals surface area contributed by atoms with Crippen LogP contribution in [0.15, 0.2) is 18.2 Å². The minimum absolute atomic E-state index is 0.0614. The molecule has 0 saturated carbocycles. The smallest absolute Gasteiger partial charge is 0.256 e. The van der Waals surface area contributed by atoms with Gasteiger partial charge < -0.3 is 10.6 Å². The van der Waals surface area contributed by atoms with Crippen molar-refractivity contribution in [3.63, 3.8) is 0 Å². The van der Waals surface area contributed by atoms with Crippen LogP contribution in [0.5, 0.6) is 0 Å². The van der Waals surface area contributed by atoms with Crippen LogP contribution in [0.25, 0.3) is 0 Å². The number of hydrogen-bond donors (Lipinski definition) is 1. The van der Waals surface area contributed by atoms with E-state index in [1.165, 1.54) is 0 Å². The van der Waals surface area contributed by atoms with Gasteiger partial charge in [0.05, 0.1) is 5.56 Å². The fourth-order valence-corrected chi connectivity index (χ4v) is 2.67. The number of nitrogens with two attached hydrogens (primary N) is 1. The minimum Gasteiger partial charge on any atom is -0.398 e. The number of nitrogen functional groups attached to an aromatic ring is 1. The Morgan fingerprint density at radius 1 is 1.30 bits per heavy atom. The summed E-state index contributed by atoms with van der Waals surface area (Å²) in [6, 6.07) is 6.24. The maximum absolute atomic E-state index is 12.5. The molecule has 1 unspecified atom stereocenters. The Morgan fingerprint density at radius 2 is 1.95 bits per heavy atom. The van der Waals surface area contributed by atoms with E-state index in [4.69, 9.17) is 5.73 Å². The summed E-state index contributed by atoms with van der Waals surface area (Å²) < 4.78 is 0. The highest BCUT2D eigenvalue weighted by atomic mass is 16.2. The predicted molar refractivity (Wildman–Crippen MR) is 82.8 cm³/mol. The molecule has 0 radical (unpaired) electrons. The molecule has 110 valence electrons. The molecule has 4 nitrogen and oxygen atoms in total. The van der Waals surface area contributed by atoms with Crippen molar-refractivity contribution in [2.75, 3.05) is 31.9 Å². The number of hydrogen-bond acceptors (Lipinski definition) is 3. The van der Waals surface area contributed by atoms with Gasteiger partial charge in [-0.1, -0.05) is 13.0 Å². The standard InChI is InChI=1S/C16H25N3O/c1-4-13(3)18-7-9-19(10-8-18)16(20)14-6-5-12(2)11-15(14)17/h5-6,11,13H,4,7-10,17H2,1-3H3. The molecule has 1 saturated heterocycles. The van der Waals surface area contributed by atoms with Crippen LogP contribution in [0.3, 0.4) is 0 Å². The molecule has 1 fully saturated rings. The van der Waals surface area contributed by atoms with Gasteiger partial charge in [0.2, 0.25) is 0 Å². The number of piperazine rings is 1. The van der Waals surface area contributed by atoms with Crippen LogP contribution >= 0.6 is 0 Å². The molecule has 1 aliphatic heterocycles. The Morgan fingerprint density at radius 3 is 2.50 bits per heavy atom. The fraction of sp³-hybridized carbons (Fsp3) is 0.562. The second kappa shape index (κ2) is 6.27. The maximum atomic E-state index is 12.5. The summed E-state index contributed by atoms with van der Waals surface area (Å²) in [4.78, 5) is 16.9. The van der Waals surface area contributed by atoms with Crippen LogP contribution in [0.2, 0.25) is 0 Å². The van der Waals surface area contributed by atoms with Crippen LogP contribution in [-0.4, -0.2) is 47.9 Å². The van der Waals surface area contributed by atoms with Crippen molar-refractivity contribution < 1.29 is 4.79 Å². The zero-order valence-electron chi connectivity index (χ0n) is 12.7. The Bertz CT molecular complexity index is 479. The maximum Gasteiger partial charge on any atom is 0.256 e. The number of benzene rings is 1. The third-order valence-corrected chi connectivity index (χ3v) is 4.25. The first kappa shape index (κ1) is 14.9. The molecule has 4 heteroatoms. The van der Waals surface area contributed by atoms with Crippen molar-refractivity contribution in [1.82, 2.24) is 9.80 Å². The molecular weight excluding hydrogens is 250 g/mol. The van der Waals surface area contributed by atoms with E-state index < -0.39 is 0 Å². The first-order valence-electron chi connectivity index (χ1n) is 7.42. The van der Waals surface area contributed by atoms with Gasteiger partial charge in [0, 0.05) is 37.9 Å². The van der Waals surface area contributed by atoms with E-state index in [9.17, 15) is 4.79 Å². The van der Waals surface area contributed by atoms with E-state index in [2.05, 4.69) is 18.7 Å². The molecule has 0 aliphatic carbocycles. The van der Waals surface area contributed by atoms with E-state index >= 15 is 0 Å². The van der Waals surface area contributed by atoms with Gasteiger partial charge in [-0.05, 0) is 38.0 Å². The molecular formula is C16H25N3O. The lowest BCUT2D eigenvalue weighted by Gasteiger charge is -2.38. The molecule has 1 heterocycles. The lowest BCUT2D eigenvalue weighted by molar-refractivity contribution is 0.0580. The summed E-state index contributed by atoms with van der Waals surface area (Å²) in [5, 5.41) is 0. The topological polar surface area (TPSA) is 49.6 Å². The van der Waals surface area contributed by atoms with Gasteiger partial charge in [0.15, 0.2) is 0 Å². The van der Waals surface area contributed by atoms with Gasteiger partial charge in [-0.3, -0.25) is 9.69 Å². The highest BCUT2D eigenvalue weighted by Gasteiger charge is 2.24. The molecule has 0 spiro atoms. The van der Waals surface area contributed by atoms with Crippen molar-refractivity contribution in [1.29, 1.82) is 0 Å². The second-order valence-corrected chi connectivity index (χ2v) is 5.68. The summed E-state index contributed by atoms with van der Waals surface area (Å²) >= 11 is 0. The number of carbonyl (C=O) groups is 1. The van der Waals surface area contributed by atoms with Gasteiger partial charge in [0.1, 0.15) is 0 Å². The van der Waals surface area contributed by atoms with Crippen LogP contribution in [-0.2, 0) is 0 Å². The Hall–Kier alpha value is -1.55. The summed E-state index contributed by atoms with van der Waals surface area (Å²) in [7, 11) is 0. The molecule has 1 amide bonds. The Kier molecular flexibility index (Phi) is 4.65. The van der Waals surface area contributed by atoms with Crippen LogP contribution < -0.4 is 5.73 Å². The third-order valence-electron chi connectivity index (χ3n) is 4.25. The first-order chi connectivity index (χ1) is 9.52. The number of anilines is 1. The minimum atomic E-state index is 0.0614. The number of nitrogens with zero attached hydrogens (tertiary/aromatic N) is 2. The van der Waals surface area contributed by atoms with Crippen LogP contribution in [0.1, 0.15) is 36.2 Å². The van der Waals surface area contributed by atoms with Crippen molar-refractivity contribution >= 4 is 11.6 Å². The van der Waals surface area contributed by atoms with E-state index in [1.54, 1.807) is 0 Å². The molecule has 1 aliphatic rings. The van der Waals surface area contributed by atoms with Gasteiger partial charge in [-0.2, -0.15) is 0 Å². The van der Waals surface area contributed by atoms with Gasteiger partial charge >= 0.3 is 0 Å². The zero-order chi connectivity index (χ0) is 14.7. The molecule has 20 heavy (non-hydrogen) atoms. The molecule has 0 aromatic heterocycles. The number of amides is 1. The van der Waals surface area contributed by atoms with Crippen molar-refractivity contribution in [3.8, 4) is 0 Å². The first-order valence-corrected chi connectivity index (χ1v) is 7.42. The van der Waals surface area contributed by atoms with Crippen molar-refractivity contribution in [2.24, 2.45) is 0 Å². The highest BCUT2D eigenvalue weighted by molar-refractivity contribution is 5.99. The van der Waals surface area contributed by atoms with Crippen LogP contribution in [0, 0.1) is 6.92 Å². The average Bonchev–Trinajstić information content (AvgIpc) is 2.46. The Labute approximate surface area is 121 Å². The molecule has 1 aromatic carbocycles. The lowest BCUT2D eigenvalue weighted by atomic mass is 10.1. The summed E-state index contributed by atoms with van der Waals surface area (Å²) in [6.45, 7) is 9.91. The lowest BCUT2D eigenvalue weighted by Crippen LogP contribution is -2.51. The molecule has 1 atom stereocenters. The zero-order valence-corrected chi connectivity index (χ0v) is 12.7. The van der Waals surface area contributed by atoms with Gasteiger partial charge in [-0.15, -0.1) is 0 Å². The predicted octanol–water partition coefficient (Wildman–Crippen LogP) is 2.13. The molecule has 2 rings (SSSR count). The average molecular weight is 275 g/mol. The third kappa shape index (κ3) is 3.12. The molecule has 0 bridgehead atoms. The summed E-state index contributed by atoms with van der Waals surface area (Å²) in [5.41, 5.74) is 8.27. The fourth-order valence-electron chi connectivity index (χ4n) is 2.67. The second-order valence-electron chi connectivity index (χ2n) is 5.68. The normalized spacial score (nSPS) is 18.1. The number of carbonyl (C=O) groups excluding carboxylic acids is 1. The van der Waals surface area contributed by atoms with E-state index in [1.807, 2.05) is 30.0 Å². The van der Waals surface area contributed by atoms with E-state index in [0.29, 0.717) is 17.3 Å². The number of rotatable bonds is 3. The largest absolute Gasteiger partial charge is 0.398 e. The summed E-state index contributed by atoms with van der Waals surface area (Å²) in [6.07, 6.45) is 1.15. The number of aryl methyl sites for hydroxylation is 1. The van der Waals surface area contributed by atoms with E-state index in [0.717, 1.165) is 38.2 Å². The monoisotopic (exact) mass is 275 g/mol. The highest BCUT2D eigenvalue weighted by Crippen LogP contribution is 2.18. The molecule has 2 N–H and O–H groups in total. The van der Waals surface area contributed by atoms with E-state index in [-0.39, 0.29) is 5.91 Å². The van der Waals surface area contributed by atoms with Crippen molar-refractivity contribution in [3.05, 3.63) is 29.3 Å². The summed E-state index contributed by atoms with van der Waals surface area (Å²) in [5.74, 6) is 0.0614. The van der Waals surface area contributed by atoms with Crippen LogP contribution in [0.4, 0.5) is 5.69 Å². The Balaban J connectivity index is 2.01. The SMILES string of the molecule is CCC(C)N1CCN(C(=O)c2ccc(C)cc2N)CC1.